The molecule has 1 aliphatic carbocycles. The predicted octanol–water partition coefficient (Wildman–Crippen LogP) is 1.55. The Labute approximate surface area is 84.1 Å². The maximum absolute atomic E-state index is 11.3. The first-order chi connectivity index (χ1) is 6.84. The Bertz CT molecular complexity index is 288. The molecule has 1 N–H and O–H groups in total. The second kappa shape index (κ2) is 4.31. The highest BCUT2D eigenvalue weighted by Gasteiger charge is 2.22. The van der Waals surface area contributed by atoms with Gasteiger partial charge < -0.3 is 9.88 Å². The van der Waals surface area contributed by atoms with E-state index in [0.717, 1.165) is 13.0 Å². The average Bonchev–Trinajstić information content (AvgIpc) is 2.82. The fourth-order valence-electron chi connectivity index (χ4n) is 1.47. The molecule has 1 saturated carbocycles. The lowest BCUT2D eigenvalue weighted by molar-refractivity contribution is -0.121. The summed E-state index contributed by atoms with van der Waals surface area (Å²) in [6, 6.07) is 4.50. The second-order valence-electron chi connectivity index (χ2n) is 3.87. The monoisotopic (exact) mass is 192 g/mol. The average molecular weight is 192 g/mol. The minimum Gasteiger partial charge on any atom is -0.354 e. The van der Waals surface area contributed by atoms with E-state index < -0.39 is 0 Å². The topological polar surface area (TPSA) is 34.0 Å². The van der Waals surface area contributed by atoms with Gasteiger partial charge >= 0.3 is 0 Å². The summed E-state index contributed by atoms with van der Waals surface area (Å²) in [6.07, 6.45) is 7.96. The fourth-order valence-corrected chi connectivity index (χ4v) is 1.47. The highest BCUT2D eigenvalue weighted by atomic mass is 16.1. The molecule has 76 valence electrons. The molecule has 3 heteroatoms. The van der Waals surface area contributed by atoms with Gasteiger partial charge in [0.25, 0.3) is 0 Å². The second-order valence-corrected chi connectivity index (χ2v) is 3.87. The lowest BCUT2D eigenvalue weighted by atomic mass is 10.3. The quantitative estimate of drug-likeness (QED) is 0.754. The molecule has 1 amide bonds. The van der Waals surface area contributed by atoms with Gasteiger partial charge in [-0.05, 0) is 31.4 Å². The normalized spacial score (nSPS) is 15.4. The van der Waals surface area contributed by atoms with E-state index in [2.05, 4.69) is 9.88 Å². The van der Waals surface area contributed by atoms with E-state index in [0.29, 0.717) is 12.5 Å². The van der Waals surface area contributed by atoms with Gasteiger partial charge in [0.2, 0.25) is 5.91 Å². The molecule has 3 nitrogen and oxygen atoms in total. The van der Waals surface area contributed by atoms with Gasteiger partial charge in [0.1, 0.15) is 0 Å². The molecule has 2 rings (SSSR count). The van der Waals surface area contributed by atoms with Crippen LogP contribution in [0.15, 0.2) is 24.5 Å². The van der Waals surface area contributed by atoms with E-state index in [9.17, 15) is 4.79 Å². The Kier molecular flexibility index (Phi) is 2.87. The first kappa shape index (κ1) is 9.31. The van der Waals surface area contributed by atoms with Crippen LogP contribution >= 0.6 is 0 Å². The summed E-state index contributed by atoms with van der Waals surface area (Å²) in [5.74, 6) is 0.208. The number of aryl methyl sites for hydroxylation is 1. The molecule has 0 atom stereocenters. The minimum absolute atomic E-state index is 0.208. The van der Waals surface area contributed by atoms with Gasteiger partial charge in [0.15, 0.2) is 0 Å². The van der Waals surface area contributed by atoms with Gasteiger partial charge in [-0.2, -0.15) is 0 Å². The Balaban J connectivity index is 1.60. The molecule has 0 spiro atoms. The van der Waals surface area contributed by atoms with Gasteiger partial charge in [-0.15, -0.1) is 0 Å². The Morgan fingerprint density at radius 1 is 1.36 bits per heavy atom. The number of hydrogen-bond acceptors (Lipinski definition) is 1. The number of amides is 1. The lowest BCUT2D eigenvalue weighted by Crippen LogP contribution is -2.25. The molecule has 0 aliphatic heterocycles. The number of rotatable bonds is 5. The van der Waals surface area contributed by atoms with Crippen LogP contribution in [0.4, 0.5) is 0 Å². The number of nitrogens with zero attached hydrogens (tertiary/aromatic N) is 1. The van der Waals surface area contributed by atoms with E-state index in [-0.39, 0.29) is 5.91 Å². The Morgan fingerprint density at radius 3 is 2.71 bits per heavy atom. The molecule has 0 bridgehead atoms. The van der Waals surface area contributed by atoms with E-state index in [4.69, 9.17) is 0 Å². The van der Waals surface area contributed by atoms with Crippen LogP contribution in [0.1, 0.15) is 25.7 Å². The zero-order chi connectivity index (χ0) is 9.80. The summed E-state index contributed by atoms with van der Waals surface area (Å²) in [5, 5.41) is 2.99. The summed E-state index contributed by atoms with van der Waals surface area (Å²) in [6.45, 7) is 0.936. The molecule has 1 fully saturated rings. The summed E-state index contributed by atoms with van der Waals surface area (Å²) in [7, 11) is 0. The first-order valence-corrected chi connectivity index (χ1v) is 5.25. The van der Waals surface area contributed by atoms with Crippen molar-refractivity contribution < 1.29 is 4.79 Å². The molecular weight excluding hydrogens is 176 g/mol. The third kappa shape index (κ3) is 2.91. The third-order valence-corrected chi connectivity index (χ3v) is 2.43. The zero-order valence-corrected chi connectivity index (χ0v) is 8.28. The molecule has 1 aromatic rings. The van der Waals surface area contributed by atoms with Gasteiger partial charge in [0, 0.05) is 31.4 Å². The van der Waals surface area contributed by atoms with Crippen LogP contribution in [0.2, 0.25) is 0 Å². The summed E-state index contributed by atoms with van der Waals surface area (Å²) >= 11 is 0. The van der Waals surface area contributed by atoms with Crippen LogP contribution in [-0.2, 0) is 11.3 Å². The molecular formula is C11H16N2O. The molecule has 14 heavy (non-hydrogen) atoms. The summed E-state index contributed by atoms with van der Waals surface area (Å²) in [4.78, 5) is 11.3. The van der Waals surface area contributed by atoms with Crippen molar-refractivity contribution in [2.75, 3.05) is 0 Å². The molecule has 1 heterocycles. The van der Waals surface area contributed by atoms with Crippen molar-refractivity contribution in [1.29, 1.82) is 0 Å². The smallest absolute Gasteiger partial charge is 0.220 e. The van der Waals surface area contributed by atoms with Crippen LogP contribution in [0, 0.1) is 0 Å². The number of carbonyl (C=O) groups excluding carboxylic acids is 1. The molecule has 0 unspecified atom stereocenters. The molecule has 0 saturated heterocycles. The van der Waals surface area contributed by atoms with E-state index in [1.807, 2.05) is 24.5 Å². The summed E-state index contributed by atoms with van der Waals surface area (Å²) in [5.41, 5.74) is 0. The molecule has 0 radical (unpaired) electrons. The van der Waals surface area contributed by atoms with Gasteiger partial charge in [-0.1, -0.05) is 0 Å². The van der Waals surface area contributed by atoms with Crippen molar-refractivity contribution in [3.8, 4) is 0 Å². The SMILES string of the molecule is O=C(CCCn1cccc1)NC1CC1. The van der Waals surface area contributed by atoms with Gasteiger partial charge in [0.05, 0.1) is 0 Å². The summed E-state index contributed by atoms with van der Waals surface area (Å²) < 4.78 is 2.10. The molecule has 0 aromatic carbocycles. The van der Waals surface area contributed by atoms with Gasteiger partial charge in [-0.3, -0.25) is 4.79 Å². The highest BCUT2D eigenvalue weighted by Crippen LogP contribution is 2.18. The number of nitrogens with one attached hydrogen (secondary N) is 1. The number of aromatic nitrogens is 1. The highest BCUT2D eigenvalue weighted by molar-refractivity contribution is 5.76. The Morgan fingerprint density at radius 2 is 2.07 bits per heavy atom. The lowest BCUT2D eigenvalue weighted by Gasteiger charge is -2.03. The minimum atomic E-state index is 0.208. The van der Waals surface area contributed by atoms with Crippen LogP contribution < -0.4 is 5.32 Å². The van der Waals surface area contributed by atoms with Crippen LogP contribution in [0.5, 0.6) is 0 Å². The Hall–Kier alpha value is -1.25. The van der Waals surface area contributed by atoms with Crippen LogP contribution in [0.3, 0.4) is 0 Å². The van der Waals surface area contributed by atoms with Gasteiger partial charge in [-0.25, -0.2) is 0 Å². The van der Waals surface area contributed by atoms with Crippen molar-refractivity contribution in [1.82, 2.24) is 9.88 Å². The first-order valence-electron chi connectivity index (χ1n) is 5.25. The number of hydrogen-bond donors (Lipinski definition) is 1. The standard InChI is InChI=1S/C11H16N2O/c14-11(12-10-5-6-10)4-3-9-13-7-1-2-8-13/h1-2,7-8,10H,3-6,9H2,(H,12,14). The van der Waals surface area contributed by atoms with Crippen molar-refractivity contribution in [2.24, 2.45) is 0 Å². The van der Waals surface area contributed by atoms with E-state index in [1.54, 1.807) is 0 Å². The molecule has 1 aromatic heterocycles. The van der Waals surface area contributed by atoms with E-state index in [1.165, 1.54) is 12.8 Å². The van der Waals surface area contributed by atoms with E-state index >= 15 is 0 Å². The fraction of sp³-hybridized carbons (Fsp3) is 0.545. The van der Waals surface area contributed by atoms with Crippen molar-refractivity contribution in [3.63, 3.8) is 0 Å². The molecule has 1 aliphatic rings. The third-order valence-electron chi connectivity index (χ3n) is 2.43. The van der Waals surface area contributed by atoms with Crippen molar-refractivity contribution in [3.05, 3.63) is 24.5 Å². The number of carbonyl (C=O) groups is 1. The maximum atomic E-state index is 11.3. The van der Waals surface area contributed by atoms with Crippen molar-refractivity contribution >= 4 is 5.91 Å². The zero-order valence-electron chi connectivity index (χ0n) is 8.28. The predicted molar refractivity (Wildman–Crippen MR) is 54.8 cm³/mol. The maximum Gasteiger partial charge on any atom is 0.220 e. The van der Waals surface area contributed by atoms with Crippen LogP contribution in [0.25, 0.3) is 0 Å². The largest absolute Gasteiger partial charge is 0.354 e. The van der Waals surface area contributed by atoms with Crippen molar-refractivity contribution in [2.45, 2.75) is 38.3 Å². The van der Waals surface area contributed by atoms with Crippen LogP contribution in [-0.4, -0.2) is 16.5 Å².